The quantitative estimate of drug-likeness (QED) is 0.760. The predicted molar refractivity (Wildman–Crippen MR) is 61.3 cm³/mol. The van der Waals surface area contributed by atoms with Crippen LogP contribution in [-0.2, 0) is 4.79 Å². The molecule has 2 N–H and O–H groups in total. The van der Waals surface area contributed by atoms with Gasteiger partial charge in [0.1, 0.15) is 0 Å². The maximum absolute atomic E-state index is 10.8. The molecule has 0 spiro atoms. The Morgan fingerprint density at radius 2 is 2.12 bits per heavy atom. The second kappa shape index (κ2) is 5.69. The highest BCUT2D eigenvalue weighted by atomic mass is 16.5. The number of hydrogen-bond donors (Lipinski definition) is 2. The van der Waals surface area contributed by atoms with Crippen LogP contribution in [0.25, 0.3) is 6.08 Å². The Morgan fingerprint density at radius 1 is 1.41 bits per heavy atom. The van der Waals surface area contributed by atoms with Crippen LogP contribution in [0, 0.1) is 0 Å². The van der Waals surface area contributed by atoms with E-state index in [1.54, 1.807) is 0 Å². The number of ether oxygens (including phenoxy) is 1. The first-order valence-electron chi connectivity index (χ1n) is 4.83. The summed E-state index contributed by atoms with van der Waals surface area (Å²) >= 11 is 0. The minimum Gasteiger partial charge on any atom is -0.504 e. The van der Waals surface area contributed by atoms with Crippen molar-refractivity contribution in [2.24, 2.45) is 0 Å². The molecule has 0 saturated carbocycles. The van der Waals surface area contributed by atoms with E-state index in [0.717, 1.165) is 0 Å². The maximum atomic E-state index is 10.8. The number of methoxy groups -OCH3 is 1. The SMILES string of the molecule is COc1cc(C=CCC(=O)O)c(C=O)cc1O. The lowest BCUT2D eigenvalue weighted by Gasteiger charge is -2.06. The molecule has 0 aromatic heterocycles. The molecule has 0 heterocycles. The monoisotopic (exact) mass is 236 g/mol. The van der Waals surface area contributed by atoms with Gasteiger partial charge in [0, 0.05) is 5.56 Å². The van der Waals surface area contributed by atoms with Crippen LogP contribution in [0.5, 0.6) is 11.5 Å². The largest absolute Gasteiger partial charge is 0.504 e. The minimum atomic E-state index is -0.959. The molecule has 0 saturated heterocycles. The van der Waals surface area contributed by atoms with Gasteiger partial charge in [0.15, 0.2) is 17.8 Å². The molecule has 0 bridgehead atoms. The van der Waals surface area contributed by atoms with Gasteiger partial charge in [-0.1, -0.05) is 12.2 Å². The van der Waals surface area contributed by atoms with Crippen LogP contribution < -0.4 is 4.74 Å². The van der Waals surface area contributed by atoms with E-state index >= 15 is 0 Å². The molecule has 0 atom stereocenters. The predicted octanol–water partition coefficient (Wildman–Crippen LogP) is 1.70. The second-order valence-electron chi connectivity index (χ2n) is 3.27. The van der Waals surface area contributed by atoms with Crippen molar-refractivity contribution in [2.75, 3.05) is 7.11 Å². The van der Waals surface area contributed by atoms with Gasteiger partial charge in [-0.3, -0.25) is 9.59 Å². The number of hydrogen-bond acceptors (Lipinski definition) is 4. The Labute approximate surface area is 98.0 Å². The number of carboxylic acids is 1. The highest BCUT2D eigenvalue weighted by Crippen LogP contribution is 2.29. The summed E-state index contributed by atoms with van der Waals surface area (Å²) in [5.41, 5.74) is 0.765. The second-order valence-corrected chi connectivity index (χ2v) is 3.27. The van der Waals surface area contributed by atoms with Gasteiger partial charge >= 0.3 is 5.97 Å². The average Bonchev–Trinajstić information content (AvgIpc) is 2.30. The molecule has 1 aromatic rings. The van der Waals surface area contributed by atoms with Crippen LogP contribution in [0.1, 0.15) is 22.3 Å². The Kier molecular flexibility index (Phi) is 4.28. The third-order valence-electron chi connectivity index (χ3n) is 2.10. The number of aliphatic carboxylic acids is 1. The van der Waals surface area contributed by atoms with Gasteiger partial charge < -0.3 is 14.9 Å². The third-order valence-corrected chi connectivity index (χ3v) is 2.10. The molecule has 90 valence electrons. The van der Waals surface area contributed by atoms with Gasteiger partial charge in [0.05, 0.1) is 13.5 Å². The summed E-state index contributed by atoms with van der Waals surface area (Å²) in [6.07, 6.45) is 3.36. The van der Waals surface area contributed by atoms with Crippen molar-refractivity contribution in [1.82, 2.24) is 0 Å². The fourth-order valence-electron chi connectivity index (χ4n) is 1.30. The molecule has 0 fully saturated rings. The highest BCUT2D eigenvalue weighted by molar-refractivity contribution is 5.84. The van der Waals surface area contributed by atoms with Crippen LogP contribution in [0.4, 0.5) is 0 Å². The molecule has 0 unspecified atom stereocenters. The fraction of sp³-hybridized carbons (Fsp3) is 0.167. The number of carbonyl (C=O) groups is 2. The molecule has 0 amide bonds. The smallest absolute Gasteiger partial charge is 0.307 e. The van der Waals surface area contributed by atoms with E-state index in [-0.39, 0.29) is 23.5 Å². The van der Waals surface area contributed by atoms with Crippen LogP contribution in [-0.4, -0.2) is 29.6 Å². The molecule has 0 aliphatic rings. The Hall–Kier alpha value is -2.30. The summed E-state index contributed by atoms with van der Waals surface area (Å²) in [4.78, 5) is 21.1. The van der Waals surface area contributed by atoms with Crippen molar-refractivity contribution >= 4 is 18.3 Å². The number of carbonyl (C=O) groups excluding carboxylic acids is 1. The van der Waals surface area contributed by atoms with E-state index < -0.39 is 5.97 Å². The summed E-state index contributed by atoms with van der Waals surface area (Å²) in [5, 5.41) is 17.9. The van der Waals surface area contributed by atoms with E-state index in [1.165, 1.54) is 31.4 Å². The molecular weight excluding hydrogens is 224 g/mol. The summed E-state index contributed by atoms with van der Waals surface area (Å²) in [6.45, 7) is 0. The number of aromatic hydroxyl groups is 1. The molecule has 5 nitrogen and oxygen atoms in total. The van der Waals surface area contributed by atoms with E-state index in [2.05, 4.69) is 0 Å². The van der Waals surface area contributed by atoms with Crippen molar-refractivity contribution in [3.63, 3.8) is 0 Å². The Balaban J connectivity index is 3.08. The van der Waals surface area contributed by atoms with Crippen molar-refractivity contribution in [1.29, 1.82) is 0 Å². The first-order valence-corrected chi connectivity index (χ1v) is 4.83. The van der Waals surface area contributed by atoms with Gasteiger partial charge in [-0.05, 0) is 17.7 Å². The van der Waals surface area contributed by atoms with Gasteiger partial charge in [0.25, 0.3) is 0 Å². The average molecular weight is 236 g/mol. The van der Waals surface area contributed by atoms with Gasteiger partial charge in [-0.25, -0.2) is 0 Å². The zero-order chi connectivity index (χ0) is 12.8. The third kappa shape index (κ3) is 3.34. The van der Waals surface area contributed by atoms with Crippen molar-refractivity contribution in [3.05, 3.63) is 29.3 Å². The first-order chi connectivity index (χ1) is 8.08. The summed E-state index contributed by atoms with van der Waals surface area (Å²) in [5.74, 6) is -0.866. The van der Waals surface area contributed by atoms with E-state index in [9.17, 15) is 14.7 Å². The van der Waals surface area contributed by atoms with Crippen molar-refractivity contribution in [2.45, 2.75) is 6.42 Å². The minimum absolute atomic E-state index is 0.134. The molecule has 1 rings (SSSR count). The molecule has 1 aromatic carbocycles. The zero-order valence-corrected chi connectivity index (χ0v) is 9.21. The zero-order valence-electron chi connectivity index (χ0n) is 9.21. The molecule has 0 radical (unpaired) electrons. The lowest BCUT2D eigenvalue weighted by Crippen LogP contribution is -1.92. The van der Waals surface area contributed by atoms with Crippen LogP contribution in [0.3, 0.4) is 0 Å². The molecule has 5 heteroatoms. The van der Waals surface area contributed by atoms with Gasteiger partial charge in [-0.15, -0.1) is 0 Å². The number of carboxylic acid groups (broad SMARTS) is 1. The van der Waals surface area contributed by atoms with E-state index in [0.29, 0.717) is 11.8 Å². The summed E-state index contributed by atoms with van der Waals surface area (Å²) in [7, 11) is 1.39. The summed E-state index contributed by atoms with van der Waals surface area (Å²) < 4.78 is 4.90. The number of benzene rings is 1. The molecule has 17 heavy (non-hydrogen) atoms. The lowest BCUT2D eigenvalue weighted by molar-refractivity contribution is -0.135. The lowest BCUT2D eigenvalue weighted by atomic mass is 10.1. The van der Waals surface area contributed by atoms with Crippen LogP contribution in [0.15, 0.2) is 18.2 Å². The van der Waals surface area contributed by atoms with Crippen LogP contribution >= 0.6 is 0 Å². The maximum Gasteiger partial charge on any atom is 0.307 e. The van der Waals surface area contributed by atoms with E-state index in [4.69, 9.17) is 9.84 Å². The standard InChI is InChI=1S/C12H12O5/c1-17-11-6-8(3-2-4-12(15)16)9(7-13)5-10(11)14/h2-3,5-7,14H,4H2,1H3,(H,15,16). The van der Waals surface area contributed by atoms with Gasteiger partial charge in [0.2, 0.25) is 0 Å². The van der Waals surface area contributed by atoms with Crippen molar-refractivity contribution < 1.29 is 24.5 Å². The topological polar surface area (TPSA) is 83.8 Å². The number of phenolic OH excluding ortho intramolecular Hbond substituents is 1. The van der Waals surface area contributed by atoms with Crippen molar-refractivity contribution in [3.8, 4) is 11.5 Å². The number of rotatable bonds is 5. The highest BCUT2D eigenvalue weighted by Gasteiger charge is 2.07. The first kappa shape index (κ1) is 12.8. The Bertz CT molecular complexity index is 462. The number of phenols is 1. The molecule has 0 aliphatic heterocycles. The fourth-order valence-corrected chi connectivity index (χ4v) is 1.30. The Morgan fingerprint density at radius 3 is 2.65 bits per heavy atom. The van der Waals surface area contributed by atoms with E-state index in [1.807, 2.05) is 0 Å². The molecule has 0 aliphatic carbocycles. The molecular formula is C12H12O5. The van der Waals surface area contributed by atoms with Gasteiger partial charge in [-0.2, -0.15) is 0 Å². The van der Waals surface area contributed by atoms with Crippen LogP contribution in [0.2, 0.25) is 0 Å². The number of aldehydes is 1. The normalized spacial score (nSPS) is 10.4. The summed E-state index contributed by atoms with van der Waals surface area (Å²) in [6, 6.07) is 2.74.